The third kappa shape index (κ3) is 10.1. The predicted octanol–water partition coefficient (Wildman–Crippen LogP) is 5.25. The quantitative estimate of drug-likeness (QED) is 0.0980. The fraction of sp³-hybridized carbons (Fsp3) is 0.383. The summed E-state index contributed by atoms with van der Waals surface area (Å²) in [7, 11) is 3.71. The fourth-order valence-corrected chi connectivity index (χ4v) is 8.96. The summed E-state index contributed by atoms with van der Waals surface area (Å²) in [5.41, 5.74) is 5.08. The molecule has 17 heteroatoms. The molecule has 5 N–H and O–H groups in total. The average Bonchev–Trinajstić information content (AvgIpc) is 3.65. The molecule has 64 heavy (non-hydrogen) atoms. The van der Waals surface area contributed by atoms with Gasteiger partial charge in [-0.25, -0.2) is 9.78 Å². The second kappa shape index (κ2) is 19.8. The Kier molecular flexibility index (Phi) is 13.6. The first kappa shape index (κ1) is 43.9. The van der Waals surface area contributed by atoms with Gasteiger partial charge in [-0.2, -0.15) is 4.98 Å². The van der Waals surface area contributed by atoms with Crippen molar-refractivity contribution in [3.63, 3.8) is 0 Å². The van der Waals surface area contributed by atoms with Crippen LogP contribution in [0, 0.1) is 11.8 Å². The number of benzene rings is 3. The molecule has 3 aromatic carbocycles. The summed E-state index contributed by atoms with van der Waals surface area (Å²) < 4.78 is 0. The van der Waals surface area contributed by atoms with Gasteiger partial charge in [0.1, 0.15) is 11.1 Å². The van der Waals surface area contributed by atoms with E-state index in [-0.39, 0.29) is 36.2 Å². The van der Waals surface area contributed by atoms with E-state index in [1.165, 1.54) is 6.20 Å². The van der Waals surface area contributed by atoms with Gasteiger partial charge < -0.3 is 40.9 Å². The van der Waals surface area contributed by atoms with E-state index >= 15 is 0 Å². The first-order valence-corrected chi connectivity index (χ1v) is 22.2. The van der Waals surface area contributed by atoms with Gasteiger partial charge in [-0.3, -0.25) is 24.5 Å². The Bertz CT molecular complexity index is 2470. The normalized spacial score (nSPS) is 19.7. The number of rotatable bonds is 11. The molecule has 4 aliphatic rings. The van der Waals surface area contributed by atoms with E-state index in [4.69, 9.17) is 11.6 Å². The number of halogens is 1. The van der Waals surface area contributed by atoms with Crippen molar-refractivity contribution in [3.8, 4) is 11.8 Å². The number of anilines is 5. The molecule has 1 unspecified atom stereocenters. The Morgan fingerprint density at radius 1 is 0.922 bits per heavy atom. The molecule has 1 aromatic heterocycles. The number of aromatic nitrogens is 2. The van der Waals surface area contributed by atoms with Crippen LogP contribution in [0.25, 0.3) is 0 Å². The van der Waals surface area contributed by atoms with Gasteiger partial charge in [0, 0.05) is 93.7 Å². The summed E-state index contributed by atoms with van der Waals surface area (Å²) in [6.45, 7) is 3.81. The van der Waals surface area contributed by atoms with Crippen molar-refractivity contribution in [2.45, 2.75) is 69.6 Å². The third-order valence-corrected chi connectivity index (χ3v) is 12.8. The van der Waals surface area contributed by atoms with E-state index in [1.807, 2.05) is 47.4 Å². The van der Waals surface area contributed by atoms with Crippen LogP contribution >= 0.6 is 11.6 Å². The van der Waals surface area contributed by atoms with Gasteiger partial charge >= 0.3 is 6.03 Å². The number of nitrogens with one attached hydrogen (secondary N) is 5. The summed E-state index contributed by atoms with van der Waals surface area (Å²) in [4.78, 5) is 79.9. The molecule has 6 amide bonds. The van der Waals surface area contributed by atoms with E-state index in [1.54, 1.807) is 36.2 Å². The SMILES string of the molecule is CNC(=O)c1ccccc1Nc1nc(Nc2ccc(N3CCN(C(=O)N[C@H]4CC[C@@H](N(C)CCC#Cc5cccc6c5CN(C5CCC(=O)NC5=O)C6=O)CC4)CC3)cc2)ncc1Cl. The Balaban J connectivity index is 0.748. The number of hydrogen-bond donors (Lipinski definition) is 5. The molecule has 8 rings (SSSR count). The van der Waals surface area contributed by atoms with Crippen LogP contribution in [0.1, 0.15) is 76.8 Å². The predicted molar refractivity (Wildman–Crippen MR) is 245 cm³/mol. The van der Waals surface area contributed by atoms with Crippen LogP contribution in [0.2, 0.25) is 5.02 Å². The molecule has 3 fully saturated rings. The van der Waals surface area contributed by atoms with E-state index < -0.39 is 11.9 Å². The van der Waals surface area contributed by atoms with Crippen LogP contribution in [0.15, 0.2) is 72.9 Å². The number of urea groups is 1. The average molecular weight is 886 g/mol. The molecule has 0 spiro atoms. The number of para-hydroxylation sites is 1. The van der Waals surface area contributed by atoms with Crippen molar-refractivity contribution in [1.29, 1.82) is 0 Å². The van der Waals surface area contributed by atoms with E-state index in [9.17, 15) is 24.0 Å². The first-order valence-electron chi connectivity index (χ1n) is 21.8. The highest BCUT2D eigenvalue weighted by molar-refractivity contribution is 6.33. The summed E-state index contributed by atoms with van der Waals surface area (Å²) in [5.74, 6) is 6.13. The molecule has 4 heterocycles. The fourth-order valence-electron chi connectivity index (χ4n) is 8.82. The second-order valence-electron chi connectivity index (χ2n) is 16.5. The summed E-state index contributed by atoms with van der Waals surface area (Å²) in [5, 5.41) is 15.0. The first-order chi connectivity index (χ1) is 31.0. The minimum atomic E-state index is -0.652. The van der Waals surface area contributed by atoms with Crippen LogP contribution in [-0.4, -0.2) is 119 Å². The molecule has 1 atom stereocenters. The maximum atomic E-state index is 13.3. The van der Waals surface area contributed by atoms with Gasteiger partial charge in [0.2, 0.25) is 17.8 Å². The smallest absolute Gasteiger partial charge is 0.317 e. The maximum Gasteiger partial charge on any atom is 0.317 e. The van der Waals surface area contributed by atoms with E-state index in [0.717, 1.165) is 67.8 Å². The molecular formula is C47H52ClN11O5. The summed E-state index contributed by atoms with van der Waals surface area (Å²) in [6.07, 6.45) is 6.55. The van der Waals surface area contributed by atoms with Crippen molar-refractivity contribution in [1.82, 2.24) is 40.6 Å². The molecule has 2 saturated heterocycles. The molecule has 332 valence electrons. The number of piperidine rings is 1. The lowest BCUT2D eigenvalue weighted by Crippen LogP contribution is -2.54. The Morgan fingerprint density at radius 2 is 1.69 bits per heavy atom. The molecule has 4 aromatic rings. The lowest BCUT2D eigenvalue weighted by Gasteiger charge is -2.38. The van der Waals surface area contributed by atoms with Gasteiger partial charge in [-0.15, -0.1) is 0 Å². The third-order valence-electron chi connectivity index (χ3n) is 12.5. The van der Waals surface area contributed by atoms with E-state index in [2.05, 4.69) is 65.2 Å². The van der Waals surface area contributed by atoms with Gasteiger partial charge in [0.25, 0.3) is 11.8 Å². The van der Waals surface area contributed by atoms with E-state index in [0.29, 0.717) is 72.1 Å². The standard InChI is InChI=1S/C47H52ClN11O5/c1-49-43(61)36-10-3-4-12-39(36)53-42-38(48)28-50-46(55-42)51-31-15-19-34(20-16-31)57-24-26-58(27-25-57)47(64)52-32-13-17-33(18-14-32)56(2)23-6-5-8-30-9-7-11-35-37(30)29-59(45(35)63)40-21-22-41(60)54-44(40)62/h3-4,7,9-12,15-16,19-20,28,32-33,40H,6,13-14,17-18,21-27,29H2,1-2H3,(H,49,61)(H,52,64)(H,54,60,62)(H2,50,51,53,55)/t32-,33+,40?. The lowest BCUT2D eigenvalue weighted by atomic mass is 9.90. The maximum absolute atomic E-state index is 13.3. The molecule has 0 bridgehead atoms. The van der Waals surface area contributed by atoms with Crippen molar-refractivity contribution < 1.29 is 24.0 Å². The number of carbonyl (C=O) groups is 5. The molecular weight excluding hydrogens is 834 g/mol. The zero-order valence-corrected chi connectivity index (χ0v) is 36.7. The van der Waals surface area contributed by atoms with Crippen LogP contribution in [0.3, 0.4) is 0 Å². The zero-order chi connectivity index (χ0) is 44.7. The van der Waals surface area contributed by atoms with Crippen molar-refractivity contribution in [2.75, 3.05) is 62.4 Å². The Morgan fingerprint density at radius 3 is 2.44 bits per heavy atom. The number of nitrogens with zero attached hydrogens (tertiary/aromatic N) is 6. The largest absolute Gasteiger partial charge is 0.368 e. The number of amides is 6. The number of carbonyl (C=O) groups excluding carboxylic acids is 5. The minimum absolute atomic E-state index is 0.00505. The lowest BCUT2D eigenvalue weighted by molar-refractivity contribution is -0.136. The summed E-state index contributed by atoms with van der Waals surface area (Å²) in [6, 6.07) is 20.5. The number of fused-ring (bicyclic) bond motifs is 1. The topological polar surface area (TPSA) is 184 Å². The van der Waals surface area contributed by atoms with Crippen molar-refractivity contribution in [2.24, 2.45) is 0 Å². The van der Waals surface area contributed by atoms with Gasteiger partial charge in [0.15, 0.2) is 5.82 Å². The van der Waals surface area contributed by atoms with Crippen molar-refractivity contribution >= 4 is 70.1 Å². The van der Waals surface area contributed by atoms with Gasteiger partial charge in [-0.05, 0) is 93.2 Å². The van der Waals surface area contributed by atoms with Crippen LogP contribution in [-0.2, 0) is 16.1 Å². The zero-order valence-electron chi connectivity index (χ0n) is 36.0. The minimum Gasteiger partial charge on any atom is -0.368 e. The van der Waals surface area contributed by atoms with Crippen LogP contribution in [0.4, 0.5) is 33.6 Å². The molecule has 1 aliphatic carbocycles. The summed E-state index contributed by atoms with van der Waals surface area (Å²) >= 11 is 6.41. The highest BCUT2D eigenvalue weighted by Gasteiger charge is 2.39. The number of imide groups is 1. The van der Waals surface area contributed by atoms with Gasteiger partial charge in [-0.1, -0.05) is 41.6 Å². The number of piperazine rings is 1. The monoisotopic (exact) mass is 885 g/mol. The van der Waals surface area contributed by atoms with Gasteiger partial charge in [0.05, 0.1) is 17.4 Å². The van der Waals surface area contributed by atoms with Crippen LogP contribution < -0.4 is 31.5 Å². The van der Waals surface area contributed by atoms with Crippen molar-refractivity contribution in [3.05, 3.63) is 100 Å². The molecule has 3 aliphatic heterocycles. The highest BCUT2D eigenvalue weighted by atomic mass is 35.5. The number of hydrogen-bond acceptors (Lipinski definition) is 11. The molecule has 0 radical (unpaired) electrons. The molecule has 16 nitrogen and oxygen atoms in total. The molecule has 1 saturated carbocycles. The Labute approximate surface area is 377 Å². The highest BCUT2D eigenvalue weighted by Crippen LogP contribution is 2.31. The Hall–Kier alpha value is -6.70. The van der Waals surface area contributed by atoms with Crippen LogP contribution in [0.5, 0.6) is 0 Å². The second-order valence-corrected chi connectivity index (χ2v) is 16.9.